The number of nitrogen functional groups attached to an aromatic ring is 1. The lowest BCUT2D eigenvalue weighted by atomic mass is 10.1. The van der Waals surface area contributed by atoms with Crippen molar-refractivity contribution in [3.8, 4) is 23.0 Å². The zero-order valence-corrected chi connectivity index (χ0v) is 11.2. The van der Waals surface area contributed by atoms with Gasteiger partial charge in [-0.25, -0.2) is 4.98 Å². The highest BCUT2D eigenvalue weighted by Crippen LogP contribution is 2.23. The van der Waals surface area contributed by atoms with Gasteiger partial charge in [0.15, 0.2) is 0 Å². The molecule has 0 atom stereocenters. The van der Waals surface area contributed by atoms with Gasteiger partial charge in [0.05, 0.1) is 5.56 Å². The van der Waals surface area contributed by atoms with Crippen LogP contribution in [0.15, 0.2) is 35.1 Å². The molecule has 0 spiro atoms. The molecular formula is C14H13N5O. The first-order valence-corrected chi connectivity index (χ1v) is 6.13. The van der Waals surface area contributed by atoms with Crippen LogP contribution >= 0.6 is 0 Å². The molecule has 0 unspecified atom stereocenters. The molecule has 2 N–H and O–H groups in total. The number of nitrogens with zero attached hydrogens (tertiary/aromatic N) is 4. The lowest BCUT2D eigenvalue weighted by Gasteiger charge is -2.00. The van der Waals surface area contributed by atoms with Gasteiger partial charge in [-0.05, 0) is 37.1 Å². The number of hydrogen-bond donors (Lipinski definition) is 1. The van der Waals surface area contributed by atoms with E-state index in [0.717, 1.165) is 16.7 Å². The molecule has 3 rings (SSSR count). The van der Waals surface area contributed by atoms with Gasteiger partial charge < -0.3 is 10.3 Å². The molecule has 100 valence electrons. The first kappa shape index (κ1) is 12.3. The molecule has 0 amide bonds. The Morgan fingerprint density at radius 2 is 1.95 bits per heavy atom. The normalized spacial score (nSPS) is 10.7. The summed E-state index contributed by atoms with van der Waals surface area (Å²) >= 11 is 0. The number of nitrogens with two attached hydrogens (primary N) is 1. The predicted octanol–water partition coefficient (Wildman–Crippen LogP) is 2.39. The van der Waals surface area contributed by atoms with E-state index in [9.17, 15) is 0 Å². The van der Waals surface area contributed by atoms with Crippen LogP contribution in [-0.4, -0.2) is 20.1 Å². The van der Waals surface area contributed by atoms with Crippen LogP contribution in [0.5, 0.6) is 0 Å². The van der Waals surface area contributed by atoms with E-state index in [0.29, 0.717) is 23.2 Å². The third-order valence-corrected chi connectivity index (χ3v) is 2.89. The Bertz CT molecular complexity index is 749. The highest BCUT2D eigenvalue weighted by atomic mass is 16.5. The Labute approximate surface area is 115 Å². The molecule has 0 aliphatic carbocycles. The smallest absolute Gasteiger partial charge is 0.259 e. The molecule has 3 aromatic heterocycles. The summed E-state index contributed by atoms with van der Waals surface area (Å²) in [5, 5.41) is 3.97. The Kier molecular flexibility index (Phi) is 2.90. The van der Waals surface area contributed by atoms with E-state index in [1.165, 1.54) is 0 Å². The summed E-state index contributed by atoms with van der Waals surface area (Å²) in [6.45, 7) is 3.96. The van der Waals surface area contributed by atoms with Gasteiger partial charge in [-0.2, -0.15) is 4.98 Å². The van der Waals surface area contributed by atoms with E-state index < -0.39 is 0 Å². The number of aromatic nitrogens is 4. The van der Waals surface area contributed by atoms with Crippen molar-refractivity contribution >= 4 is 5.82 Å². The summed E-state index contributed by atoms with van der Waals surface area (Å²) in [5.41, 5.74) is 9.09. The van der Waals surface area contributed by atoms with Crippen LogP contribution in [-0.2, 0) is 0 Å². The minimum Gasteiger partial charge on any atom is -0.384 e. The summed E-state index contributed by atoms with van der Waals surface area (Å²) in [6.07, 6.45) is 3.38. The molecule has 0 aromatic carbocycles. The van der Waals surface area contributed by atoms with Gasteiger partial charge in [-0.15, -0.1) is 0 Å². The van der Waals surface area contributed by atoms with Crippen molar-refractivity contribution in [1.82, 2.24) is 20.1 Å². The molecule has 0 fully saturated rings. The van der Waals surface area contributed by atoms with E-state index in [-0.39, 0.29) is 0 Å². The van der Waals surface area contributed by atoms with Gasteiger partial charge in [-0.1, -0.05) is 11.2 Å². The van der Waals surface area contributed by atoms with Gasteiger partial charge in [0.1, 0.15) is 11.5 Å². The summed E-state index contributed by atoms with van der Waals surface area (Å²) < 4.78 is 5.25. The maximum absolute atomic E-state index is 5.55. The molecule has 6 heteroatoms. The Hall–Kier alpha value is -2.76. The first-order chi connectivity index (χ1) is 9.63. The van der Waals surface area contributed by atoms with Crippen LogP contribution in [0.1, 0.15) is 11.1 Å². The van der Waals surface area contributed by atoms with Crippen molar-refractivity contribution in [1.29, 1.82) is 0 Å². The van der Waals surface area contributed by atoms with Gasteiger partial charge >= 0.3 is 0 Å². The fourth-order valence-electron chi connectivity index (χ4n) is 1.92. The zero-order chi connectivity index (χ0) is 14.1. The molecule has 6 nitrogen and oxygen atoms in total. The van der Waals surface area contributed by atoms with E-state index in [4.69, 9.17) is 10.3 Å². The number of anilines is 1. The van der Waals surface area contributed by atoms with Crippen LogP contribution in [0.3, 0.4) is 0 Å². The van der Waals surface area contributed by atoms with E-state index in [1.807, 2.05) is 19.9 Å². The Morgan fingerprint density at radius 3 is 2.65 bits per heavy atom. The van der Waals surface area contributed by atoms with Crippen molar-refractivity contribution < 1.29 is 4.52 Å². The fraction of sp³-hybridized carbons (Fsp3) is 0.143. The van der Waals surface area contributed by atoms with Gasteiger partial charge in [-0.3, -0.25) is 4.98 Å². The minimum atomic E-state index is 0.397. The third kappa shape index (κ3) is 2.23. The summed E-state index contributed by atoms with van der Waals surface area (Å²) in [5.74, 6) is 1.31. The maximum Gasteiger partial charge on any atom is 0.259 e. The molecule has 0 saturated heterocycles. The molecule has 0 bridgehead atoms. The minimum absolute atomic E-state index is 0.397. The van der Waals surface area contributed by atoms with Crippen LogP contribution < -0.4 is 5.73 Å². The van der Waals surface area contributed by atoms with Crippen molar-refractivity contribution in [3.05, 3.63) is 41.7 Å². The van der Waals surface area contributed by atoms with Gasteiger partial charge in [0.25, 0.3) is 5.89 Å². The second-order valence-electron chi connectivity index (χ2n) is 4.57. The van der Waals surface area contributed by atoms with Crippen LogP contribution in [0.4, 0.5) is 5.82 Å². The molecule has 0 aliphatic rings. The Balaban J connectivity index is 1.99. The average Bonchev–Trinajstić information content (AvgIpc) is 2.89. The fourth-order valence-corrected chi connectivity index (χ4v) is 1.92. The van der Waals surface area contributed by atoms with E-state index in [1.54, 1.807) is 24.5 Å². The first-order valence-electron chi connectivity index (χ1n) is 6.13. The largest absolute Gasteiger partial charge is 0.384 e. The van der Waals surface area contributed by atoms with Crippen molar-refractivity contribution in [2.24, 2.45) is 0 Å². The second kappa shape index (κ2) is 4.73. The lowest BCUT2D eigenvalue weighted by molar-refractivity contribution is 0.432. The van der Waals surface area contributed by atoms with Crippen molar-refractivity contribution in [2.75, 3.05) is 5.73 Å². The van der Waals surface area contributed by atoms with E-state index >= 15 is 0 Å². The molecule has 0 saturated carbocycles. The summed E-state index contributed by atoms with van der Waals surface area (Å²) in [6, 6.07) is 5.51. The number of hydrogen-bond acceptors (Lipinski definition) is 6. The van der Waals surface area contributed by atoms with Gasteiger partial charge in [0, 0.05) is 12.4 Å². The second-order valence-corrected chi connectivity index (χ2v) is 4.57. The molecule has 0 aliphatic heterocycles. The van der Waals surface area contributed by atoms with E-state index in [2.05, 4.69) is 20.1 Å². The molecule has 3 heterocycles. The zero-order valence-electron chi connectivity index (χ0n) is 11.2. The average molecular weight is 267 g/mol. The standard InChI is InChI=1S/C14H13N5O/c1-8-5-9(2)12(17-6-8)13-18-14(20-19-13)10-3-4-11(15)16-7-10/h3-7H,1-2H3,(H2,15,16). The highest BCUT2D eigenvalue weighted by Gasteiger charge is 2.13. The van der Waals surface area contributed by atoms with Crippen LogP contribution in [0, 0.1) is 13.8 Å². The monoisotopic (exact) mass is 267 g/mol. The van der Waals surface area contributed by atoms with Gasteiger partial charge in [0.2, 0.25) is 5.82 Å². The quantitative estimate of drug-likeness (QED) is 0.766. The topological polar surface area (TPSA) is 90.7 Å². The molecule has 0 radical (unpaired) electrons. The molecule has 3 aromatic rings. The SMILES string of the molecule is Cc1cnc(-c2noc(-c3ccc(N)nc3)n2)c(C)c1. The van der Waals surface area contributed by atoms with Crippen molar-refractivity contribution in [3.63, 3.8) is 0 Å². The van der Waals surface area contributed by atoms with Crippen LogP contribution in [0.2, 0.25) is 0 Å². The number of aryl methyl sites for hydroxylation is 2. The predicted molar refractivity (Wildman–Crippen MR) is 74.6 cm³/mol. The summed E-state index contributed by atoms with van der Waals surface area (Å²) in [4.78, 5) is 12.7. The highest BCUT2D eigenvalue weighted by molar-refractivity contribution is 5.59. The third-order valence-electron chi connectivity index (χ3n) is 2.89. The lowest BCUT2D eigenvalue weighted by Crippen LogP contribution is -1.91. The number of pyridine rings is 2. The molecular weight excluding hydrogens is 254 g/mol. The number of rotatable bonds is 2. The Morgan fingerprint density at radius 1 is 1.10 bits per heavy atom. The molecule has 20 heavy (non-hydrogen) atoms. The maximum atomic E-state index is 5.55. The van der Waals surface area contributed by atoms with Crippen LogP contribution in [0.25, 0.3) is 23.0 Å². The summed E-state index contributed by atoms with van der Waals surface area (Å²) in [7, 11) is 0. The van der Waals surface area contributed by atoms with Crippen molar-refractivity contribution in [2.45, 2.75) is 13.8 Å².